The molecule has 3 aromatic rings. The Balaban J connectivity index is 1.90. The van der Waals surface area contributed by atoms with Crippen molar-refractivity contribution in [3.8, 4) is 11.5 Å². The number of phenolic OH excluding ortho intramolecular Hbond substituents is 1. The van der Waals surface area contributed by atoms with E-state index in [4.69, 9.17) is 39.5 Å². The number of methoxy groups -OCH3 is 1. The number of nitrogens with one attached hydrogen (secondary N) is 3. The van der Waals surface area contributed by atoms with Crippen LogP contribution >= 0.6 is 34.8 Å². The minimum absolute atomic E-state index is 0.0868. The molecule has 204 valence electrons. The summed E-state index contributed by atoms with van der Waals surface area (Å²) in [5.41, 5.74) is -0.298. The van der Waals surface area contributed by atoms with E-state index in [1.54, 1.807) is 31.2 Å². The number of carbonyl (C=O) groups is 1. The van der Waals surface area contributed by atoms with Gasteiger partial charge in [-0.3, -0.25) is 14.8 Å². The molecule has 3 aromatic carbocycles. The normalized spacial score (nSPS) is 13.9. The molecule has 0 unspecified atom stereocenters. The van der Waals surface area contributed by atoms with Crippen LogP contribution in [0.15, 0.2) is 54.6 Å². The van der Waals surface area contributed by atoms with E-state index in [9.17, 15) is 23.4 Å². The highest BCUT2D eigenvalue weighted by Crippen LogP contribution is 2.34. The summed E-state index contributed by atoms with van der Waals surface area (Å²) in [7, 11) is -2.14. The molecule has 9 nitrogen and oxygen atoms in total. The Labute approximate surface area is 235 Å². The number of rotatable bonds is 10. The van der Waals surface area contributed by atoms with Gasteiger partial charge in [-0.25, -0.2) is 8.42 Å². The molecule has 0 bridgehead atoms. The van der Waals surface area contributed by atoms with Crippen molar-refractivity contribution in [2.45, 2.75) is 18.6 Å². The first-order chi connectivity index (χ1) is 17.7. The van der Waals surface area contributed by atoms with Gasteiger partial charge in [-0.05, 0) is 54.4 Å². The largest absolute Gasteiger partial charge is 0.506 e. The molecule has 5 N–H and O–H groups in total. The van der Waals surface area contributed by atoms with E-state index < -0.39 is 27.6 Å². The molecular weight excluding hydrogens is 577 g/mol. The van der Waals surface area contributed by atoms with E-state index in [-0.39, 0.29) is 33.0 Å². The molecule has 0 radical (unpaired) electrons. The second-order valence-electron chi connectivity index (χ2n) is 8.61. The van der Waals surface area contributed by atoms with Crippen molar-refractivity contribution in [2.75, 3.05) is 29.9 Å². The van der Waals surface area contributed by atoms with Gasteiger partial charge < -0.3 is 20.3 Å². The van der Waals surface area contributed by atoms with Crippen LogP contribution in [0.2, 0.25) is 15.1 Å². The summed E-state index contributed by atoms with van der Waals surface area (Å²) in [5.74, 6) is -0.209. The summed E-state index contributed by atoms with van der Waals surface area (Å²) < 4.78 is 30.6. The van der Waals surface area contributed by atoms with E-state index in [2.05, 4.69) is 15.4 Å². The molecule has 1 amide bonds. The molecule has 0 heterocycles. The summed E-state index contributed by atoms with van der Waals surface area (Å²) in [4.78, 5) is 13.6. The summed E-state index contributed by atoms with van der Waals surface area (Å²) in [6.45, 7) is 1.50. The summed E-state index contributed by atoms with van der Waals surface area (Å²) >= 11 is 18.2. The lowest BCUT2D eigenvalue weighted by Gasteiger charge is -2.31. The molecule has 0 spiro atoms. The summed E-state index contributed by atoms with van der Waals surface area (Å²) in [6.07, 6.45) is -0.239. The number of hydrogen-bond donors (Lipinski definition) is 5. The number of anilines is 2. The first-order valence-corrected chi connectivity index (χ1v) is 14.1. The third kappa shape index (κ3) is 7.22. The number of phenols is 1. The van der Waals surface area contributed by atoms with Crippen LogP contribution in [-0.2, 0) is 20.4 Å². The van der Waals surface area contributed by atoms with Gasteiger partial charge in [0.05, 0.1) is 40.2 Å². The van der Waals surface area contributed by atoms with Crippen LogP contribution in [0, 0.1) is 0 Å². The number of hydrogen-bond acceptors (Lipinski definition) is 7. The number of aliphatic hydroxyl groups is 1. The van der Waals surface area contributed by atoms with Crippen LogP contribution in [-0.4, -0.2) is 44.4 Å². The van der Waals surface area contributed by atoms with Crippen molar-refractivity contribution in [1.82, 2.24) is 5.32 Å². The Hall–Kier alpha value is -2.73. The van der Waals surface area contributed by atoms with Gasteiger partial charge in [0.15, 0.2) is 0 Å². The topological polar surface area (TPSA) is 137 Å². The Bertz CT molecular complexity index is 1410. The number of ether oxygens (including phenoxy) is 1. The van der Waals surface area contributed by atoms with Crippen molar-refractivity contribution in [3.63, 3.8) is 0 Å². The Kier molecular flexibility index (Phi) is 9.40. The maximum atomic E-state index is 13.6. The van der Waals surface area contributed by atoms with Crippen LogP contribution in [0.4, 0.5) is 11.4 Å². The maximum Gasteiger partial charge on any atom is 0.249 e. The van der Waals surface area contributed by atoms with Crippen LogP contribution in [0.25, 0.3) is 0 Å². The molecule has 0 aliphatic rings. The minimum atomic E-state index is -3.67. The number of benzene rings is 3. The zero-order valence-corrected chi connectivity index (χ0v) is 23.6. The van der Waals surface area contributed by atoms with Crippen molar-refractivity contribution in [1.29, 1.82) is 0 Å². The lowest BCUT2D eigenvalue weighted by atomic mass is 9.90. The number of halogens is 3. The molecule has 13 heteroatoms. The number of aliphatic hydroxyl groups excluding tert-OH is 1. The van der Waals surface area contributed by atoms with Gasteiger partial charge in [0.25, 0.3) is 0 Å². The highest BCUT2D eigenvalue weighted by Gasteiger charge is 2.36. The molecule has 0 aromatic heterocycles. The van der Waals surface area contributed by atoms with Crippen LogP contribution < -0.4 is 20.1 Å². The Morgan fingerprint density at radius 1 is 1.05 bits per heavy atom. The highest BCUT2D eigenvalue weighted by atomic mass is 35.5. The van der Waals surface area contributed by atoms with E-state index in [0.29, 0.717) is 22.6 Å². The number of carbonyl (C=O) groups excluding carboxylic acids is 1. The van der Waals surface area contributed by atoms with E-state index in [0.717, 1.165) is 6.26 Å². The van der Waals surface area contributed by atoms with Gasteiger partial charge in [-0.15, -0.1) is 0 Å². The first kappa shape index (κ1) is 29.8. The second kappa shape index (κ2) is 12.0. The average Bonchev–Trinajstić information content (AvgIpc) is 2.86. The third-order valence-electron chi connectivity index (χ3n) is 5.71. The molecule has 0 aliphatic carbocycles. The molecular formula is C25H26Cl3N3O6S. The third-order valence-corrected chi connectivity index (χ3v) is 7.50. The van der Waals surface area contributed by atoms with Crippen molar-refractivity contribution >= 4 is 62.1 Å². The number of aromatic hydroxyl groups is 1. The predicted molar refractivity (Wildman–Crippen MR) is 150 cm³/mol. The quantitative estimate of drug-likeness (QED) is 0.164. The fourth-order valence-corrected chi connectivity index (χ4v) is 4.74. The molecule has 0 saturated carbocycles. The van der Waals surface area contributed by atoms with Crippen LogP contribution in [0.3, 0.4) is 0 Å². The van der Waals surface area contributed by atoms with E-state index >= 15 is 0 Å². The fraction of sp³-hybridized carbons (Fsp3) is 0.240. The SMILES string of the molecule is COc1ccc([C@](C)(NC[C@H](O)c2ccc(O)c(NS(C)(=O)=O)c2)C(=O)Nc2cc(Cl)c(Cl)c(Cl)c2)cc1. The summed E-state index contributed by atoms with van der Waals surface area (Å²) in [5, 5.41) is 27.2. The average molecular weight is 603 g/mol. The molecule has 0 saturated heterocycles. The second-order valence-corrected chi connectivity index (χ2v) is 11.5. The smallest absolute Gasteiger partial charge is 0.249 e. The van der Waals surface area contributed by atoms with Crippen LogP contribution in [0.5, 0.6) is 11.5 Å². The molecule has 3 rings (SSSR count). The van der Waals surface area contributed by atoms with Gasteiger partial charge in [-0.1, -0.05) is 53.0 Å². The van der Waals surface area contributed by atoms with Crippen LogP contribution in [0.1, 0.15) is 24.2 Å². The van der Waals surface area contributed by atoms with Crippen molar-refractivity contribution < 1.29 is 28.2 Å². The van der Waals surface area contributed by atoms with Gasteiger partial charge in [-0.2, -0.15) is 0 Å². The number of amides is 1. The standard InChI is InChI=1S/C25H26Cl3N3O6S/c1-25(15-5-7-17(37-2)8-6-15,24(34)30-16-11-18(26)23(28)19(27)12-16)29-13-22(33)14-4-9-21(32)20(10-14)31-38(3,35)36/h4-12,22,29,31-33H,13H2,1-3H3,(H,30,34)/t22-,25-/m0/s1. The zero-order chi connectivity index (χ0) is 28.3. The molecule has 38 heavy (non-hydrogen) atoms. The minimum Gasteiger partial charge on any atom is -0.506 e. The lowest BCUT2D eigenvalue weighted by Crippen LogP contribution is -2.50. The Morgan fingerprint density at radius 2 is 1.66 bits per heavy atom. The number of sulfonamides is 1. The van der Waals surface area contributed by atoms with Gasteiger partial charge >= 0.3 is 0 Å². The highest BCUT2D eigenvalue weighted by molar-refractivity contribution is 7.92. The molecule has 0 aliphatic heterocycles. The van der Waals surface area contributed by atoms with Gasteiger partial charge in [0, 0.05) is 12.2 Å². The predicted octanol–water partition coefficient (Wildman–Crippen LogP) is 4.91. The van der Waals surface area contributed by atoms with Crippen molar-refractivity contribution in [2.24, 2.45) is 0 Å². The Morgan fingerprint density at radius 3 is 2.21 bits per heavy atom. The first-order valence-electron chi connectivity index (χ1n) is 11.1. The maximum absolute atomic E-state index is 13.6. The molecule has 0 fully saturated rings. The fourth-order valence-electron chi connectivity index (χ4n) is 3.58. The van der Waals surface area contributed by atoms with Gasteiger partial charge in [0.1, 0.15) is 17.0 Å². The van der Waals surface area contributed by atoms with E-state index in [1.165, 1.54) is 37.4 Å². The monoisotopic (exact) mass is 601 g/mol. The zero-order valence-electron chi connectivity index (χ0n) is 20.6. The van der Waals surface area contributed by atoms with Crippen molar-refractivity contribution in [3.05, 3.63) is 80.8 Å². The lowest BCUT2D eigenvalue weighted by molar-refractivity contribution is -0.122. The van der Waals surface area contributed by atoms with E-state index in [1.807, 2.05) is 0 Å². The summed E-state index contributed by atoms with van der Waals surface area (Å²) in [6, 6.07) is 13.7. The molecule has 2 atom stereocenters. The van der Waals surface area contributed by atoms with Gasteiger partial charge in [0.2, 0.25) is 15.9 Å².